The maximum absolute atomic E-state index is 5.41. The Hall–Kier alpha value is -1.44. The zero-order valence-electron chi connectivity index (χ0n) is 9.92. The fraction of sp³-hybridized carbons (Fsp3) is 0.385. The van der Waals surface area contributed by atoms with Gasteiger partial charge in [-0.2, -0.15) is 0 Å². The molecule has 0 saturated heterocycles. The lowest BCUT2D eigenvalue weighted by atomic mass is 10.2. The lowest BCUT2D eigenvalue weighted by molar-refractivity contribution is 0.341. The Labute approximate surface area is 91.3 Å². The molecular weight excluding hydrogens is 186 g/mol. The number of rotatable bonds is 2. The van der Waals surface area contributed by atoms with Crippen LogP contribution in [0.5, 0.6) is 5.75 Å². The summed E-state index contributed by atoms with van der Waals surface area (Å²) in [5.74, 6) is 0.939. The highest BCUT2D eigenvalue weighted by molar-refractivity contribution is 5.81. The molecule has 0 amide bonds. The summed E-state index contributed by atoms with van der Waals surface area (Å²) in [5, 5.41) is 1.21. The van der Waals surface area contributed by atoms with E-state index in [2.05, 4.69) is 24.0 Å². The van der Waals surface area contributed by atoms with Crippen LogP contribution in [0.2, 0.25) is 0 Å². The number of benzene rings is 1. The molecule has 1 N–H and O–H groups in total. The van der Waals surface area contributed by atoms with Crippen molar-refractivity contribution >= 4 is 10.9 Å². The Morgan fingerprint density at radius 3 is 2.60 bits per heavy atom. The van der Waals surface area contributed by atoms with E-state index in [0.29, 0.717) is 0 Å². The molecule has 2 aromatic rings. The number of fused-ring (bicyclic) bond motifs is 1. The van der Waals surface area contributed by atoms with E-state index in [-0.39, 0.29) is 0 Å². The minimum absolute atomic E-state index is 0.717. The van der Waals surface area contributed by atoms with Gasteiger partial charge in [0.05, 0.1) is 6.61 Å². The summed E-state index contributed by atoms with van der Waals surface area (Å²) in [4.78, 5) is 3.27. The Bertz CT molecular complexity index is 417. The van der Waals surface area contributed by atoms with Crippen molar-refractivity contribution in [3.05, 3.63) is 30.0 Å². The van der Waals surface area contributed by atoms with Gasteiger partial charge in [0.1, 0.15) is 5.75 Å². The van der Waals surface area contributed by atoms with Gasteiger partial charge < -0.3 is 9.72 Å². The molecule has 2 nitrogen and oxygen atoms in total. The highest BCUT2D eigenvalue weighted by Gasteiger charge is 1.98. The third-order valence-electron chi connectivity index (χ3n) is 2.04. The molecule has 0 bridgehead atoms. The minimum Gasteiger partial charge on any atom is -0.494 e. The predicted molar refractivity (Wildman–Crippen MR) is 65.6 cm³/mol. The van der Waals surface area contributed by atoms with E-state index in [1.165, 1.54) is 16.6 Å². The largest absolute Gasteiger partial charge is 0.494 e. The first-order chi connectivity index (χ1) is 7.29. The van der Waals surface area contributed by atoms with Crippen LogP contribution in [0.15, 0.2) is 24.3 Å². The van der Waals surface area contributed by atoms with Crippen LogP contribution >= 0.6 is 0 Å². The number of aromatic nitrogens is 1. The predicted octanol–water partition coefficient (Wildman–Crippen LogP) is 3.90. The van der Waals surface area contributed by atoms with E-state index < -0.39 is 0 Å². The molecule has 0 radical (unpaired) electrons. The van der Waals surface area contributed by atoms with Gasteiger partial charge in [-0.15, -0.1) is 0 Å². The van der Waals surface area contributed by atoms with Crippen molar-refractivity contribution in [2.45, 2.75) is 27.7 Å². The average molecular weight is 205 g/mol. The van der Waals surface area contributed by atoms with E-state index >= 15 is 0 Å². The number of nitrogens with one attached hydrogen (secondary N) is 1. The van der Waals surface area contributed by atoms with Gasteiger partial charge >= 0.3 is 0 Å². The molecule has 0 unspecified atom stereocenters. The normalized spacial score (nSPS) is 9.60. The number of hydrogen-bond acceptors (Lipinski definition) is 1. The molecule has 0 aliphatic rings. The molecule has 0 atom stereocenters. The maximum atomic E-state index is 5.41. The van der Waals surface area contributed by atoms with Crippen LogP contribution in [-0.2, 0) is 0 Å². The summed E-state index contributed by atoms with van der Waals surface area (Å²) in [5.41, 5.74) is 2.35. The lowest BCUT2D eigenvalue weighted by Crippen LogP contribution is -1.90. The second-order valence-corrected chi connectivity index (χ2v) is 3.13. The summed E-state index contributed by atoms with van der Waals surface area (Å²) in [7, 11) is 0. The highest BCUT2D eigenvalue weighted by atomic mass is 16.5. The molecular formula is C13H19NO. The van der Waals surface area contributed by atoms with E-state index in [0.717, 1.165) is 12.4 Å². The minimum atomic E-state index is 0.717. The standard InChI is InChI=1S/C11H13NO.C2H6/c1-3-13-10-4-5-11-9(7-10)6-8(2)12-11;1-2/h4-7,12H,3H2,1-2H3;1-2H3. The number of aryl methyl sites for hydroxylation is 1. The fourth-order valence-electron chi connectivity index (χ4n) is 1.51. The van der Waals surface area contributed by atoms with Gasteiger partial charge in [-0.3, -0.25) is 0 Å². The number of hydrogen-bond donors (Lipinski definition) is 1. The van der Waals surface area contributed by atoms with Gasteiger partial charge in [-0.05, 0) is 38.1 Å². The molecule has 2 rings (SSSR count). The van der Waals surface area contributed by atoms with Gasteiger partial charge in [0.15, 0.2) is 0 Å². The summed E-state index contributed by atoms with van der Waals surface area (Å²) >= 11 is 0. The summed E-state index contributed by atoms with van der Waals surface area (Å²) in [6.45, 7) is 8.77. The molecule has 1 aromatic heterocycles. The molecule has 0 aliphatic heterocycles. The maximum Gasteiger partial charge on any atom is 0.120 e. The van der Waals surface area contributed by atoms with Crippen molar-refractivity contribution in [2.75, 3.05) is 6.61 Å². The van der Waals surface area contributed by atoms with Gasteiger partial charge in [0, 0.05) is 16.6 Å². The number of ether oxygens (including phenoxy) is 1. The van der Waals surface area contributed by atoms with Crippen LogP contribution in [0.4, 0.5) is 0 Å². The van der Waals surface area contributed by atoms with Crippen molar-refractivity contribution < 1.29 is 4.74 Å². The molecule has 15 heavy (non-hydrogen) atoms. The molecule has 1 heterocycles. The molecule has 1 aromatic carbocycles. The molecule has 0 saturated carbocycles. The topological polar surface area (TPSA) is 25.0 Å². The molecule has 0 fully saturated rings. The number of H-pyrrole nitrogens is 1. The lowest BCUT2D eigenvalue weighted by Gasteiger charge is -2.01. The van der Waals surface area contributed by atoms with Crippen LogP contribution in [-0.4, -0.2) is 11.6 Å². The zero-order chi connectivity index (χ0) is 11.3. The summed E-state index contributed by atoms with van der Waals surface area (Å²) in [6.07, 6.45) is 0. The van der Waals surface area contributed by atoms with Crippen LogP contribution in [0.1, 0.15) is 26.5 Å². The summed E-state index contributed by atoms with van der Waals surface area (Å²) in [6, 6.07) is 8.22. The highest BCUT2D eigenvalue weighted by Crippen LogP contribution is 2.21. The number of aromatic amines is 1. The van der Waals surface area contributed by atoms with Crippen molar-refractivity contribution in [3.8, 4) is 5.75 Å². The zero-order valence-corrected chi connectivity index (χ0v) is 9.92. The first-order valence-corrected chi connectivity index (χ1v) is 5.52. The van der Waals surface area contributed by atoms with Crippen molar-refractivity contribution in [3.63, 3.8) is 0 Å². The van der Waals surface area contributed by atoms with Gasteiger partial charge in [0.2, 0.25) is 0 Å². The Kier molecular flexibility index (Phi) is 4.22. The van der Waals surface area contributed by atoms with Gasteiger partial charge in [-0.25, -0.2) is 0 Å². The SMILES string of the molecule is CC.CCOc1ccc2[nH]c(C)cc2c1. The summed E-state index contributed by atoms with van der Waals surface area (Å²) < 4.78 is 5.41. The van der Waals surface area contributed by atoms with Crippen molar-refractivity contribution in [1.82, 2.24) is 4.98 Å². The van der Waals surface area contributed by atoms with E-state index in [1.54, 1.807) is 0 Å². The Morgan fingerprint density at radius 1 is 1.20 bits per heavy atom. The second-order valence-electron chi connectivity index (χ2n) is 3.13. The van der Waals surface area contributed by atoms with Crippen molar-refractivity contribution in [2.24, 2.45) is 0 Å². The van der Waals surface area contributed by atoms with Crippen molar-refractivity contribution in [1.29, 1.82) is 0 Å². The third-order valence-corrected chi connectivity index (χ3v) is 2.04. The first-order valence-electron chi connectivity index (χ1n) is 5.52. The van der Waals surface area contributed by atoms with E-state index in [1.807, 2.05) is 32.9 Å². The van der Waals surface area contributed by atoms with Gasteiger partial charge in [0.25, 0.3) is 0 Å². The molecule has 2 heteroatoms. The molecule has 0 spiro atoms. The second kappa shape index (κ2) is 5.44. The van der Waals surface area contributed by atoms with Gasteiger partial charge in [-0.1, -0.05) is 13.8 Å². The van der Waals surface area contributed by atoms with Crippen LogP contribution < -0.4 is 4.74 Å². The quantitative estimate of drug-likeness (QED) is 0.790. The monoisotopic (exact) mass is 205 g/mol. The fourth-order valence-corrected chi connectivity index (χ4v) is 1.51. The van der Waals surface area contributed by atoms with E-state index in [9.17, 15) is 0 Å². The van der Waals surface area contributed by atoms with Crippen LogP contribution in [0, 0.1) is 6.92 Å². The smallest absolute Gasteiger partial charge is 0.120 e. The van der Waals surface area contributed by atoms with Crippen LogP contribution in [0.3, 0.4) is 0 Å². The Morgan fingerprint density at radius 2 is 1.93 bits per heavy atom. The average Bonchev–Trinajstić information content (AvgIpc) is 2.61. The molecule has 0 aliphatic carbocycles. The Balaban J connectivity index is 0.000000531. The van der Waals surface area contributed by atoms with Crippen LogP contribution in [0.25, 0.3) is 10.9 Å². The first kappa shape index (κ1) is 11.6. The third kappa shape index (κ3) is 2.75. The van der Waals surface area contributed by atoms with E-state index in [4.69, 9.17) is 4.74 Å². The molecule has 82 valence electrons.